The van der Waals surface area contributed by atoms with Gasteiger partial charge in [0.05, 0.1) is 30.8 Å². The van der Waals surface area contributed by atoms with Gasteiger partial charge in [0.15, 0.2) is 0 Å². The molecule has 4 aliphatic rings. The SMILES string of the molecule is CCN1C(=O)[C@H]2[C@@H](c3ccccc3)N3[C@H](c4ccccc4)[C@@H]4C(=O)N(CC)C(=O)[C@@H]4C3(C(=O)OC)[C@H]2C1=O. The number of amides is 4. The van der Waals surface area contributed by atoms with Crippen molar-refractivity contribution in [3.05, 3.63) is 71.8 Å². The Hall–Kier alpha value is -3.85. The number of ether oxygens (including phenoxy) is 1. The first-order valence-corrected chi connectivity index (χ1v) is 13.0. The van der Waals surface area contributed by atoms with Crippen molar-refractivity contribution in [2.45, 2.75) is 31.5 Å². The third kappa shape index (κ3) is 2.77. The number of likely N-dealkylation sites (tertiary alicyclic amines) is 2. The van der Waals surface area contributed by atoms with E-state index in [9.17, 15) is 24.0 Å². The van der Waals surface area contributed by atoms with Crippen LogP contribution < -0.4 is 0 Å². The highest BCUT2D eigenvalue weighted by atomic mass is 16.5. The number of imide groups is 2. The molecule has 38 heavy (non-hydrogen) atoms. The maximum atomic E-state index is 14.1. The lowest BCUT2D eigenvalue weighted by atomic mass is 9.69. The van der Waals surface area contributed by atoms with Crippen LogP contribution in [0.15, 0.2) is 60.7 Å². The Labute approximate surface area is 220 Å². The molecule has 0 spiro atoms. The Bertz CT molecular complexity index is 1250. The number of hydrogen-bond donors (Lipinski definition) is 0. The minimum atomic E-state index is -1.82. The van der Waals surface area contributed by atoms with Crippen LogP contribution in [0.4, 0.5) is 0 Å². The van der Waals surface area contributed by atoms with Crippen molar-refractivity contribution in [3.63, 3.8) is 0 Å². The van der Waals surface area contributed by atoms with Crippen LogP contribution in [-0.2, 0) is 28.7 Å². The molecular weight excluding hydrogens is 486 g/mol. The van der Waals surface area contributed by atoms with Gasteiger partial charge in [0.2, 0.25) is 23.6 Å². The highest BCUT2D eigenvalue weighted by Gasteiger charge is 2.83. The van der Waals surface area contributed by atoms with Crippen LogP contribution >= 0.6 is 0 Å². The van der Waals surface area contributed by atoms with Gasteiger partial charge < -0.3 is 4.74 Å². The van der Waals surface area contributed by atoms with Gasteiger partial charge >= 0.3 is 5.97 Å². The number of nitrogens with zero attached hydrogens (tertiary/aromatic N) is 3. The number of fused-ring (bicyclic) bond motifs is 5. The Kier molecular flexibility index (Phi) is 5.54. The van der Waals surface area contributed by atoms with Gasteiger partial charge in [0, 0.05) is 25.2 Å². The zero-order chi connectivity index (χ0) is 26.9. The van der Waals surface area contributed by atoms with E-state index in [1.54, 1.807) is 13.8 Å². The number of benzene rings is 2. The number of methoxy groups -OCH3 is 1. The summed E-state index contributed by atoms with van der Waals surface area (Å²) in [6.07, 6.45) is 0. The minimum Gasteiger partial charge on any atom is -0.468 e. The van der Waals surface area contributed by atoms with E-state index in [1.165, 1.54) is 16.9 Å². The molecule has 2 aromatic carbocycles. The van der Waals surface area contributed by atoms with E-state index < -0.39 is 59.1 Å². The molecule has 2 aromatic rings. The molecular formula is C29H29N3O6. The molecule has 6 rings (SSSR count). The van der Waals surface area contributed by atoms with Crippen molar-refractivity contribution in [3.8, 4) is 0 Å². The van der Waals surface area contributed by atoms with Crippen LogP contribution in [0.3, 0.4) is 0 Å². The second kappa shape index (κ2) is 8.59. The smallest absolute Gasteiger partial charge is 0.328 e. The first-order chi connectivity index (χ1) is 18.4. The van der Waals surface area contributed by atoms with Gasteiger partial charge in [0.25, 0.3) is 0 Å². The quantitative estimate of drug-likeness (QED) is 0.443. The van der Waals surface area contributed by atoms with Crippen LogP contribution in [-0.4, -0.2) is 70.0 Å². The lowest BCUT2D eigenvalue weighted by Gasteiger charge is -2.41. The molecule has 9 heteroatoms. The normalized spacial score (nSPS) is 31.6. The van der Waals surface area contributed by atoms with Gasteiger partial charge in [-0.3, -0.25) is 33.9 Å². The molecule has 196 valence electrons. The third-order valence-electron chi connectivity index (χ3n) is 8.97. The molecule has 9 nitrogen and oxygen atoms in total. The summed E-state index contributed by atoms with van der Waals surface area (Å²) >= 11 is 0. The number of rotatable bonds is 5. The molecule has 0 saturated carbocycles. The first kappa shape index (κ1) is 24.5. The van der Waals surface area contributed by atoms with E-state index in [2.05, 4.69) is 0 Å². The Balaban J connectivity index is 1.71. The van der Waals surface area contributed by atoms with Crippen molar-refractivity contribution in [1.29, 1.82) is 0 Å². The zero-order valence-electron chi connectivity index (χ0n) is 21.4. The van der Waals surface area contributed by atoms with Gasteiger partial charge in [-0.1, -0.05) is 60.7 Å². The summed E-state index contributed by atoms with van der Waals surface area (Å²) in [6.45, 7) is 3.72. The summed E-state index contributed by atoms with van der Waals surface area (Å²) in [6, 6.07) is 17.1. The largest absolute Gasteiger partial charge is 0.468 e. The second-order valence-corrected chi connectivity index (χ2v) is 10.3. The summed E-state index contributed by atoms with van der Waals surface area (Å²) in [5.41, 5.74) is -0.348. The number of esters is 1. The van der Waals surface area contributed by atoms with E-state index in [4.69, 9.17) is 4.74 Å². The average molecular weight is 516 g/mol. The van der Waals surface area contributed by atoms with E-state index >= 15 is 0 Å². The van der Waals surface area contributed by atoms with Crippen molar-refractivity contribution >= 4 is 29.6 Å². The molecule has 4 saturated heterocycles. The van der Waals surface area contributed by atoms with Gasteiger partial charge in [-0.2, -0.15) is 0 Å². The summed E-state index contributed by atoms with van der Waals surface area (Å²) in [7, 11) is 1.22. The number of carbonyl (C=O) groups is 5. The maximum Gasteiger partial charge on any atom is 0.328 e. The van der Waals surface area contributed by atoms with Crippen LogP contribution in [0.1, 0.15) is 37.1 Å². The summed E-state index contributed by atoms with van der Waals surface area (Å²) in [5.74, 6) is -6.66. The van der Waals surface area contributed by atoms with Crippen LogP contribution in [0.5, 0.6) is 0 Å². The Morgan fingerprint density at radius 2 is 1.11 bits per heavy atom. The van der Waals surface area contributed by atoms with Crippen molar-refractivity contribution in [2.75, 3.05) is 20.2 Å². The molecule has 6 atom stereocenters. The molecule has 0 N–H and O–H groups in total. The molecule has 0 unspecified atom stereocenters. The fraction of sp³-hybridized carbons (Fsp3) is 0.414. The fourth-order valence-corrected chi connectivity index (χ4v) is 7.74. The topological polar surface area (TPSA) is 104 Å². The predicted octanol–water partition coefficient (Wildman–Crippen LogP) is 1.95. The first-order valence-electron chi connectivity index (χ1n) is 13.0. The lowest BCUT2D eigenvalue weighted by molar-refractivity contribution is -0.166. The molecule has 0 bridgehead atoms. The minimum absolute atomic E-state index is 0.146. The lowest BCUT2D eigenvalue weighted by Crippen LogP contribution is -2.60. The van der Waals surface area contributed by atoms with E-state index in [-0.39, 0.29) is 24.9 Å². The molecule has 4 fully saturated rings. The standard InChI is InChI=1S/C29H29N3O6/c1-4-30-24(33)18-20(26(30)35)29(28(37)38-3)21-19(25(34)31(5-2)27(21)36)23(17-14-10-7-11-15-17)32(29)22(18)16-12-8-6-9-13-16/h6-15,18-23H,4-5H2,1-3H3/t18-,19-,20-,21-,22-,23-/m1/s1. The summed E-state index contributed by atoms with van der Waals surface area (Å²) in [5, 5.41) is 0. The number of hydrogen-bond acceptors (Lipinski definition) is 7. The van der Waals surface area contributed by atoms with Crippen LogP contribution in [0.25, 0.3) is 0 Å². The third-order valence-corrected chi connectivity index (χ3v) is 8.97. The molecule has 4 aliphatic heterocycles. The van der Waals surface area contributed by atoms with E-state index in [0.717, 1.165) is 11.1 Å². The van der Waals surface area contributed by atoms with E-state index in [0.29, 0.717) is 0 Å². The van der Waals surface area contributed by atoms with E-state index in [1.807, 2.05) is 65.6 Å². The molecule has 0 aliphatic carbocycles. The van der Waals surface area contributed by atoms with Gasteiger partial charge in [0.1, 0.15) is 5.54 Å². The van der Waals surface area contributed by atoms with Gasteiger partial charge in [-0.05, 0) is 25.0 Å². The van der Waals surface area contributed by atoms with Crippen molar-refractivity contribution in [2.24, 2.45) is 23.7 Å². The molecule has 4 heterocycles. The summed E-state index contributed by atoms with van der Waals surface area (Å²) < 4.78 is 5.38. The maximum absolute atomic E-state index is 14.1. The number of carbonyl (C=O) groups excluding carboxylic acids is 5. The Morgan fingerprint density at radius 3 is 1.45 bits per heavy atom. The summed E-state index contributed by atoms with van der Waals surface area (Å²) in [4.78, 5) is 74.0. The van der Waals surface area contributed by atoms with Crippen LogP contribution in [0, 0.1) is 23.7 Å². The van der Waals surface area contributed by atoms with Gasteiger partial charge in [-0.15, -0.1) is 0 Å². The van der Waals surface area contributed by atoms with Crippen molar-refractivity contribution < 1.29 is 28.7 Å². The second-order valence-electron chi connectivity index (χ2n) is 10.3. The van der Waals surface area contributed by atoms with Gasteiger partial charge in [-0.25, -0.2) is 4.79 Å². The molecule has 0 aromatic heterocycles. The molecule has 0 radical (unpaired) electrons. The Morgan fingerprint density at radius 1 is 0.711 bits per heavy atom. The highest BCUT2D eigenvalue weighted by Crippen LogP contribution is 2.69. The highest BCUT2D eigenvalue weighted by molar-refractivity contribution is 6.15. The average Bonchev–Trinajstić information content (AvgIpc) is 3.58. The molecule has 4 amide bonds. The fourth-order valence-electron chi connectivity index (χ4n) is 7.74. The van der Waals surface area contributed by atoms with Crippen molar-refractivity contribution in [1.82, 2.24) is 14.7 Å². The monoisotopic (exact) mass is 515 g/mol. The predicted molar refractivity (Wildman–Crippen MR) is 134 cm³/mol. The van der Waals surface area contributed by atoms with Crippen LogP contribution in [0.2, 0.25) is 0 Å². The zero-order valence-corrected chi connectivity index (χ0v) is 21.4.